The Morgan fingerprint density at radius 2 is 2.11 bits per heavy atom. The van der Waals surface area contributed by atoms with Crippen LogP contribution in [0.5, 0.6) is 5.75 Å². The van der Waals surface area contributed by atoms with Gasteiger partial charge in [-0.2, -0.15) is 0 Å². The lowest BCUT2D eigenvalue weighted by atomic mass is 10.2. The van der Waals surface area contributed by atoms with Crippen LogP contribution >= 0.6 is 0 Å². The summed E-state index contributed by atoms with van der Waals surface area (Å²) >= 11 is 0. The Morgan fingerprint density at radius 3 is 2.72 bits per heavy atom. The van der Waals surface area contributed by atoms with E-state index < -0.39 is 5.97 Å². The summed E-state index contributed by atoms with van der Waals surface area (Å²) < 4.78 is 16.2. The van der Waals surface area contributed by atoms with Crippen molar-refractivity contribution in [2.45, 2.75) is 12.5 Å². The number of carboxylic acids is 1. The fourth-order valence-electron chi connectivity index (χ4n) is 1.71. The van der Waals surface area contributed by atoms with Crippen molar-refractivity contribution in [2.24, 2.45) is 0 Å². The highest BCUT2D eigenvalue weighted by atomic mass is 16.6. The molecule has 0 bridgehead atoms. The monoisotopic (exact) mass is 252 g/mol. The van der Waals surface area contributed by atoms with Gasteiger partial charge in [-0.1, -0.05) is 0 Å². The minimum atomic E-state index is -0.939. The first-order valence-electron chi connectivity index (χ1n) is 5.91. The van der Waals surface area contributed by atoms with E-state index >= 15 is 0 Å². The largest absolute Gasteiger partial charge is 0.491 e. The Morgan fingerprint density at radius 1 is 1.33 bits per heavy atom. The quantitative estimate of drug-likeness (QED) is 0.778. The molecular formula is C13H16O5. The van der Waals surface area contributed by atoms with Gasteiger partial charge in [-0.05, 0) is 30.7 Å². The number of benzene rings is 1. The molecule has 1 aliphatic rings. The van der Waals surface area contributed by atoms with Gasteiger partial charge in [-0.25, -0.2) is 4.79 Å². The lowest BCUT2D eigenvalue weighted by molar-refractivity contribution is 0.0265. The molecule has 98 valence electrons. The van der Waals surface area contributed by atoms with Crippen molar-refractivity contribution < 1.29 is 24.1 Å². The van der Waals surface area contributed by atoms with Crippen LogP contribution in [0.2, 0.25) is 0 Å². The highest BCUT2D eigenvalue weighted by Gasteiger charge is 2.15. The minimum Gasteiger partial charge on any atom is -0.491 e. The molecule has 0 saturated carbocycles. The third-order valence-corrected chi connectivity index (χ3v) is 2.69. The summed E-state index contributed by atoms with van der Waals surface area (Å²) in [7, 11) is 0. The summed E-state index contributed by atoms with van der Waals surface area (Å²) in [6, 6.07) is 6.32. The van der Waals surface area contributed by atoms with Gasteiger partial charge >= 0.3 is 5.97 Å². The molecule has 0 aromatic heterocycles. The van der Waals surface area contributed by atoms with E-state index in [2.05, 4.69) is 0 Å². The summed E-state index contributed by atoms with van der Waals surface area (Å²) in [5.74, 6) is -0.294. The van der Waals surface area contributed by atoms with Crippen molar-refractivity contribution in [3.05, 3.63) is 29.8 Å². The average molecular weight is 252 g/mol. The SMILES string of the molecule is O=C(O)c1ccc(OCCOC2CCOC2)cc1. The highest BCUT2D eigenvalue weighted by molar-refractivity contribution is 5.87. The van der Waals surface area contributed by atoms with Crippen molar-refractivity contribution in [3.8, 4) is 5.75 Å². The van der Waals surface area contributed by atoms with E-state index in [9.17, 15) is 4.79 Å². The molecule has 1 heterocycles. The molecular weight excluding hydrogens is 236 g/mol. The predicted octanol–water partition coefficient (Wildman–Crippen LogP) is 1.57. The number of aromatic carboxylic acids is 1. The standard InChI is InChI=1S/C13H16O5/c14-13(15)10-1-3-11(4-2-10)17-7-8-18-12-5-6-16-9-12/h1-4,12H,5-9H2,(H,14,15). The second kappa shape index (κ2) is 6.37. The summed E-state index contributed by atoms with van der Waals surface area (Å²) in [4.78, 5) is 10.6. The van der Waals surface area contributed by atoms with Crippen LogP contribution in [-0.4, -0.2) is 43.6 Å². The van der Waals surface area contributed by atoms with E-state index in [0.29, 0.717) is 25.6 Å². The molecule has 18 heavy (non-hydrogen) atoms. The van der Waals surface area contributed by atoms with Crippen LogP contribution in [0.4, 0.5) is 0 Å². The van der Waals surface area contributed by atoms with Gasteiger partial charge in [0.2, 0.25) is 0 Å². The van der Waals surface area contributed by atoms with Crippen molar-refractivity contribution in [2.75, 3.05) is 26.4 Å². The topological polar surface area (TPSA) is 65.0 Å². The van der Waals surface area contributed by atoms with Crippen molar-refractivity contribution in [3.63, 3.8) is 0 Å². The van der Waals surface area contributed by atoms with Crippen LogP contribution in [0.1, 0.15) is 16.8 Å². The molecule has 1 unspecified atom stereocenters. The molecule has 0 aliphatic carbocycles. The van der Waals surface area contributed by atoms with E-state index in [-0.39, 0.29) is 11.7 Å². The maximum Gasteiger partial charge on any atom is 0.335 e. The van der Waals surface area contributed by atoms with E-state index in [1.807, 2.05) is 0 Å². The fourth-order valence-corrected chi connectivity index (χ4v) is 1.71. The number of carboxylic acid groups (broad SMARTS) is 1. The molecule has 1 N–H and O–H groups in total. The maximum atomic E-state index is 10.6. The fraction of sp³-hybridized carbons (Fsp3) is 0.462. The predicted molar refractivity (Wildman–Crippen MR) is 64.1 cm³/mol. The second-order valence-electron chi connectivity index (χ2n) is 4.03. The van der Waals surface area contributed by atoms with Crippen molar-refractivity contribution in [1.29, 1.82) is 0 Å². The Hall–Kier alpha value is -1.59. The van der Waals surface area contributed by atoms with Gasteiger partial charge < -0.3 is 19.3 Å². The van der Waals surface area contributed by atoms with Crippen LogP contribution in [-0.2, 0) is 9.47 Å². The first kappa shape index (κ1) is 12.9. The minimum absolute atomic E-state index is 0.183. The highest BCUT2D eigenvalue weighted by Crippen LogP contribution is 2.12. The third kappa shape index (κ3) is 3.72. The van der Waals surface area contributed by atoms with Crippen LogP contribution < -0.4 is 4.74 Å². The van der Waals surface area contributed by atoms with Crippen LogP contribution in [0.3, 0.4) is 0 Å². The molecule has 0 amide bonds. The summed E-state index contributed by atoms with van der Waals surface area (Å²) in [5.41, 5.74) is 0.252. The number of ether oxygens (including phenoxy) is 3. The van der Waals surface area contributed by atoms with Crippen LogP contribution in [0.25, 0.3) is 0 Å². The first-order chi connectivity index (χ1) is 8.75. The molecule has 1 aromatic carbocycles. The van der Waals surface area contributed by atoms with Crippen LogP contribution in [0, 0.1) is 0 Å². The molecule has 1 fully saturated rings. The third-order valence-electron chi connectivity index (χ3n) is 2.69. The molecule has 5 nitrogen and oxygen atoms in total. The molecule has 0 spiro atoms. The average Bonchev–Trinajstić information content (AvgIpc) is 2.88. The zero-order valence-electron chi connectivity index (χ0n) is 10.0. The van der Waals surface area contributed by atoms with E-state index in [4.69, 9.17) is 19.3 Å². The number of carbonyl (C=O) groups is 1. The van der Waals surface area contributed by atoms with Crippen LogP contribution in [0.15, 0.2) is 24.3 Å². The summed E-state index contributed by atoms with van der Waals surface area (Å²) in [6.07, 6.45) is 1.12. The summed E-state index contributed by atoms with van der Waals surface area (Å²) in [6.45, 7) is 2.38. The molecule has 5 heteroatoms. The lowest BCUT2D eigenvalue weighted by Gasteiger charge is -2.10. The van der Waals surface area contributed by atoms with Gasteiger partial charge in [0.05, 0.1) is 24.9 Å². The first-order valence-corrected chi connectivity index (χ1v) is 5.91. The Bertz CT molecular complexity index is 381. The zero-order chi connectivity index (χ0) is 12.8. The van der Waals surface area contributed by atoms with E-state index in [1.54, 1.807) is 12.1 Å². The van der Waals surface area contributed by atoms with E-state index in [0.717, 1.165) is 13.0 Å². The molecule has 1 saturated heterocycles. The van der Waals surface area contributed by atoms with Gasteiger partial charge in [0, 0.05) is 6.61 Å². The van der Waals surface area contributed by atoms with Gasteiger partial charge in [0.25, 0.3) is 0 Å². The van der Waals surface area contributed by atoms with Gasteiger partial charge in [0.1, 0.15) is 12.4 Å². The Kier molecular flexibility index (Phi) is 4.55. The molecule has 2 rings (SSSR count). The second-order valence-corrected chi connectivity index (χ2v) is 4.03. The van der Waals surface area contributed by atoms with Gasteiger partial charge in [0.15, 0.2) is 0 Å². The van der Waals surface area contributed by atoms with E-state index in [1.165, 1.54) is 12.1 Å². The van der Waals surface area contributed by atoms with Crippen molar-refractivity contribution in [1.82, 2.24) is 0 Å². The number of hydrogen-bond acceptors (Lipinski definition) is 4. The van der Waals surface area contributed by atoms with Gasteiger partial charge in [-0.15, -0.1) is 0 Å². The zero-order valence-corrected chi connectivity index (χ0v) is 10.0. The van der Waals surface area contributed by atoms with Crippen molar-refractivity contribution >= 4 is 5.97 Å². The molecule has 1 aromatic rings. The normalized spacial score (nSPS) is 18.8. The lowest BCUT2D eigenvalue weighted by Crippen LogP contribution is -2.17. The number of rotatable bonds is 6. The Balaban J connectivity index is 1.68. The Labute approximate surface area is 105 Å². The maximum absolute atomic E-state index is 10.6. The smallest absolute Gasteiger partial charge is 0.335 e. The molecule has 0 radical (unpaired) electrons. The molecule has 1 aliphatic heterocycles. The summed E-state index contributed by atoms with van der Waals surface area (Å²) in [5, 5.41) is 8.74. The number of hydrogen-bond donors (Lipinski definition) is 1. The van der Waals surface area contributed by atoms with Gasteiger partial charge in [-0.3, -0.25) is 0 Å². The molecule has 1 atom stereocenters.